The van der Waals surface area contributed by atoms with Gasteiger partial charge in [0, 0.05) is 54.5 Å². The lowest BCUT2D eigenvalue weighted by atomic mass is 10.1. The minimum atomic E-state index is 0.193. The molecule has 178 valence electrons. The van der Waals surface area contributed by atoms with Crippen LogP contribution in [-0.2, 0) is 17.9 Å². The molecule has 2 aliphatic heterocycles. The van der Waals surface area contributed by atoms with Crippen LogP contribution in [0.1, 0.15) is 30.4 Å². The van der Waals surface area contributed by atoms with Crippen molar-refractivity contribution >= 4 is 17.5 Å². The van der Waals surface area contributed by atoms with E-state index in [1.165, 1.54) is 0 Å². The number of fused-ring (bicyclic) bond motifs is 1. The molecule has 5 rings (SSSR count). The predicted molar refractivity (Wildman–Crippen MR) is 128 cm³/mol. The van der Waals surface area contributed by atoms with Gasteiger partial charge in [-0.15, -0.1) is 0 Å². The summed E-state index contributed by atoms with van der Waals surface area (Å²) < 4.78 is 17.9. The lowest BCUT2D eigenvalue weighted by molar-refractivity contribution is -0.129. The van der Waals surface area contributed by atoms with Crippen LogP contribution in [0.25, 0.3) is 5.69 Å². The van der Waals surface area contributed by atoms with E-state index in [1.807, 2.05) is 52.3 Å². The summed E-state index contributed by atoms with van der Waals surface area (Å²) >= 11 is 6.37. The summed E-state index contributed by atoms with van der Waals surface area (Å²) in [5.74, 6) is 2.38. The molecule has 3 heterocycles. The smallest absolute Gasteiger partial charge is 0.231 e. The van der Waals surface area contributed by atoms with Gasteiger partial charge in [0.15, 0.2) is 11.5 Å². The minimum Gasteiger partial charge on any atom is -0.497 e. The standard InChI is InChI=1S/C25H27ClN4O4/c1-32-21-4-2-3-20(10-21)30-15-17(12-28-30)14-29-19(5-6-25(29)31)7-8-27-13-18-9-23-24(11-22(18)26)34-16-33-23/h2-4,9-12,15,19,27H,5-8,13-14,16H2,1H3/t19-/m0/s1. The van der Waals surface area contributed by atoms with Crippen molar-refractivity contribution in [2.45, 2.75) is 38.4 Å². The monoisotopic (exact) mass is 482 g/mol. The van der Waals surface area contributed by atoms with E-state index in [1.54, 1.807) is 13.2 Å². The lowest BCUT2D eigenvalue weighted by Gasteiger charge is -2.24. The number of ether oxygens (including phenoxy) is 3. The zero-order valence-corrected chi connectivity index (χ0v) is 19.8. The molecule has 2 aliphatic rings. The highest BCUT2D eigenvalue weighted by molar-refractivity contribution is 6.31. The van der Waals surface area contributed by atoms with Crippen LogP contribution >= 0.6 is 11.6 Å². The molecule has 1 atom stereocenters. The summed E-state index contributed by atoms with van der Waals surface area (Å²) in [6.07, 6.45) is 6.12. The van der Waals surface area contributed by atoms with E-state index >= 15 is 0 Å². The molecule has 0 bridgehead atoms. The van der Waals surface area contributed by atoms with E-state index in [0.717, 1.165) is 47.7 Å². The zero-order valence-electron chi connectivity index (χ0n) is 19.0. The number of hydrogen-bond acceptors (Lipinski definition) is 6. The summed E-state index contributed by atoms with van der Waals surface area (Å²) in [6, 6.07) is 11.6. The number of benzene rings is 2. The molecule has 8 nitrogen and oxygen atoms in total. The van der Waals surface area contributed by atoms with Crippen LogP contribution < -0.4 is 19.5 Å². The van der Waals surface area contributed by atoms with E-state index in [-0.39, 0.29) is 18.7 Å². The fourth-order valence-corrected chi connectivity index (χ4v) is 4.65. The SMILES string of the molecule is COc1cccc(-n2cc(CN3C(=O)CC[C@H]3CCNCc3cc4c(cc3Cl)OCO4)cn2)c1. The Hall–Kier alpha value is -3.23. The maximum Gasteiger partial charge on any atom is 0.231 e. The third kappa shape index (κ3) is 4.83. The molecule has 2 aromatic carbocycles. The number of amides is 1. The van der Waals surface area contributed by atoms with Crippen molar-refractivity contribution in [3.05, 3.63) is 64.9 Å². The highest BCUT2D eigenvalue weighted by atomic mass is 35.5. The van der Waals surface area contributed by atoms with Crippen LogP contribution in [0.15, 0.2) is 48.8 Å². The molecular formula is C25H27ClN4O4. The number of nitrogens with zero attached hydrogens (tertiary/aromatic N) is 3. The molecule has 0 radical (unpaired) electrons. The molecule has 1 fully saturated rings. The zero-order chi connectivity index (χ0) is 23.5. The molecule has 0 spiro atoms. The fourth-order valence-electron chi connectivity index (χ4n) is 4.43. The second-order valence-electron chi connectivity index (χ2n) is 8.47. The summed E-state index contributed by atoms with van der Waals surface area (Å²) in [4.78, 5) is 14.5. The predicted octanol–water partition coefficient (Wildman–Crippen LogP) is 3.93. The third-order valence-corrected chi connectivity index (χ3v) is 6.62. The number of methoxy groups -OCH3 is 1. The van der Waals surface area contributed by atoms with Gasteiger partial charge in [0.2, 0.25) is 12.7 Å². The van der Waals surface area contributed by atoms with Gasteiger partial charge in [-0.3, -0.25) is 4.79 Å². The number of nitrogens with one attached hydrogen (secondary N) is 1. The molecular weight excluding hydrogens is 456 g/mol. The number of carbonyl (C=O) groups is 1. The highest BCUT2D eigenvalue weighted by Crippen LogP contribution is 2.36. The Kier molecular flexibility index (Phi) is 6.60. The fraction of sp³-hybridized carbons (Fsp3) is 0.360. The van der Waals surface area contributed by atoms with Gasteiger partial charge >= 0.3 is 0 Å². The number of likely N-dealkylation sites (tertiary alicyclic amines) is 1. The summed E-state index contributed by atoms with van der Waals surface area (Å²) in [6.45, 7) is 2.19. The first kappa shape index (κ1) is 22.6. The van der Waals surface area contributed by atoms with Crippen LogP contribution in [0.2, 0.25) is 5.02 Å². The Bertz CT molecular complexity index is 1180. The Morgan fingerprint density at radius 3 is 2.94 bits per heavy atom. The van der Waals surface area contributed by atoms with Gasteiger partial charge in [0.25, 0.3) is 0 Å². The van der Waals surface area contributed by atoms with Gasteiger partial charge in [0.1, 0.15) is 5.75 Å². The van der Waals surface area contributed by atoms with Gasteiger partial charge in [-0.1, -0.05) is 17.7 Å². The van der Waals surface area contributed by atoms with Crippen LogP contribution in [0.4, 0.5) is 0 Å². The van der Waals surface area contributed by atoms with Crippen molar-refractivity contribution in [2.24, 2.45) is 0 Å². The van der Waals surface area contributed by atoms with Crippen molar-refractivity contribution in [2.75, 3.05) is 20.4 Å². The number of rotatable bonds is 9. The third-order valence-electron chi connectivity index (χ3n) is 6.27. The molecule has 1 aromatic heterocycles. The number of aromatic nitrogens is 2. The van der Waals surface area contributed by atoms with Gasteiger partial charge in [0.05, 0.1) is 19.0 Å². The Morgan fingerprint density at radius 2 is 2.09 bits per heavy atom. The van der Waals surface area contributed by atoms with Gasteiger partial charge in [-0.05, 0) is 43.1 Å². The molecule has 0 aliphatic carbocycles. The summed E-state index contributed by atoms with van der Waals surface area (Å²) in [5.41, 5.74) is 2.89. The molecule has 0 saturated carbocycles. The maximum absolute atomic E-state index is 12.6. The second-order valence-corrected chi connectivity index (χ2v) is 8.88. The van der Waals surface area contributed by atoms with E-state index in [9.17, 15) is 4.79 Å². The van der Waals surface area contributed by atoms with Crippen molar-refractivity contribution in [1.29, 1.82) is 0 Å². The Labute approximate surface area is 203 Å². The van der Waals surface area contributed by atoms with Gasteiger partial charge < -0.3 is 24.4 Å². The first-order valence-electron chi connectivity index (χ1n) is 11.4. The van der Waals surface area contributed by atoms with Crippen LogP contribution in [0.3, 0.4) is 0 Å². The summed E-state index contributed by atoms with van der Waals surface area (Å²) in [7, 11) is 1.64. The minimum absolute atomic E-state index is 0.193. The molecule has 1 amide bonds. The van der Waals surface area contributed by atoms with Crippen LogP contribution in [-0.4, -0.2) is 47.1 Å². The number of carbonyl (C=O) groups excluding carboxylic acids is 1. The molecule has 34 heavy (non-hydrogen) atoms. The van der Waals surface area contributed by atoms with E-state index in [2.05, 4.69) is 10.4 Å². The van der Waals surface area contributed by atoms with E-state index < -0.39 is 0 Å². The van der Waals surface area contributed by atoms with Crippen LogP contribution in [0.5, 0.6) is 17.2 Å². The van der Waals surface area contributed by atoms with Crippen molar-refractivity contribution in [3.8, 4) is 22.9 Å². The quantitative estimate of drug-likeness (QED) is 0.465. The molecule has 9 heteroatoms. The average Bonchev–Trinajstić information content (AvgIpc) is 3.58. The van der Waals surface area contributed by atoms with E-state index in [0.29, 0.717) is 30.3 Å². The molecule has 0 unspecified atom stereocenters. The molecule has 3 aromatic rings. The van der Waals surface area contributed by atoms with Crippen LogP contribution in [0, 0.1) is 0 Å². The highest BCUT2D eigenvalue weighted by Gasteiger charge is 2.30. The van der Waals surface area contributed by atoms with Crippen molar-refractivity contribution < 1.29 is 19.0 Å². The normalized spacial score (nSPS) is 16.9. The number of halogens is 1. The summed E-state index contributed by atoms with van der Waals surface area (Å²) in [5, 5.41) is 8.58. The first-order chi connectivity index (χ1) is 16.6. The number of hydrogen-bond donors (Lipinski definition) is 1. The van der Waals surface area contributed by atoms with Crippen molar-refractivity contribution in [3.63, 3.8) is 0 Å². The second kappa shape index (κ2) is 9.95. The van der Waals surface area contributed by atoms with Crippen molar-refractivity contribution in [1.82, 2.24) is 20.0 Å². The largest absolute Gasteiger partial charge is 0.497 e. The average molecular weight is 483 g/mol. The lowest BCUT2D eigenvalue weighted by Crippen LogP contribution is -2.34. The Balaban J connectivity index is 1.16. The first-order valence-corrected chi connectivity index (χ1v) is 11.7. The maximum atomic E-state index is 12.6. The van der Waals surface area contributed by atoms with E-state index in [4.69, 9.17) is 25.8 Å². The molecule has 1 saturated heterocycles. The Morgan fingerprint density at radius 1 is 1.24 bits per heavy atom. The molecule has 1 N–H and O–H groups in total. The van der Waals surface area contributed by atoms with Gasteiger partial charge in [-0.2, -0.15) is 5.10 Å². The van der Waals surface area contributed by atoms with Gasteiger partial charge in [-0.25, -0.2) is 4.68 Å². The topological polar surface area (TPSA) is 77.9 Å².